The topological polar surface area (TPSA) is 24.3 Å². The van der Waals surface area contributed by atoms with Gasteiger partial charge in [-0.1, -0.05) is 29.8 Å². The van der Waals surface area contributed by atoms with E-state index < -0.39 is 0 Å². The van der Waals surface area contributed by atoms with E-state index >= 15 is 0 Å². The van der Waals surface area contributed by atoms with E-state index in [1.807, 2.05) is 35.0 Å². The summed E-state index contributed by atoms with van der Waals surface area (Å²) in [4.78, 5) is 5.24. The lowest BCUT2D eigenvalue weighted by Gasteiger charge is -2.28. The van der Waals surface area contributed by atoms with Crippen LogP contribution in [0.2, 0.25) is 5.15 Å². The third-order valence-corrected chi connectivity index (χ3v) is 6.04. The molecule has 2 saturated heterocycles. The highest BCUT2D eigenvalue weighted by Gasteiger charge is 2.29. The van der Waals surface area contributed by atoms with Crippen LogP contribution in [0.25, 0.3) is 5.69 Å². The Morgan fingerprint density at radius 2 is 1.84 bits per heavy atom. The molecule has 2 aromatic rings. The maximum absolute atomic E-state index is 6.72. The summed E-state index contributed by atoms with van der Waals surface area (Å²) < 4.78 is 1.87. The molecule has 0 N–H and O–H groups in total. The standard InChI is InChI=1S/C20H27ClN4/c1-16-19(20(21)25(22-16)17-8-3-2-4-9-17)15-24-13-7-10-18(24)14-23-11-5-6-12-23/h2-4,8-9,18H,5-7,10-15H2,1H3. The van der Waals surface area contributed by atoms with Crippen molar-refractivity contribution in [3.05, 3.63) is 46.7 Å². The molecule has 1 unspecified atom stereocenters. The molecule has 1 aromatic heterocycles. The van der Waals surface area contributed by atoms with Crippen molar-refractivity contribution >= 4 is 11.6 Å². The Morgan fingerprint density at radius 1 is 1.08 bits per heavy atom. The number of nitrogens with zero attached hydrogens (tertiary/aromatic N) is 4. The van der Waals surface area contributed by atoms with Gasteiger partial charge in [0.1, 0.15) is 5.15 Å². The van der Waals surface area contributed by atoms with E-state index in [-0.39, 0.29) is 0 Å². The average Bonchev–Trinajstić information content (AvgIpc) is 3.35. The molecule has 25 heavy (non-hydrogen) atoms. The van der Waals surface area contributed by atoms with Gasteiger partial charge < -0.3 is 4.90 Å². The molecule has 4 nitrogen and oxygen atoms in total. The number of para-hydroxylation sites is 1. The van der Waals surface area contributed by atoms with Crippen LogP contribution in [-0.2, 0) is 6.54 Å². The van der Waals surface area contributed by atoms with Crippen LogP contribution in [0, 0.1) is 6.92 Å². The highest BCUT2D eigenvalue weighted by molar-refractivity contribution is 6.30. The Hall–Kier alpha value is -1.36. The predicted molar refractivity (Wildman–Crippen MR) is 102 cm³/mol. The van der Waals surface area contributed by atoms with Crippen LogP contribution in [0.5, 0.6) is 0 Å². The fourth-order valence-electron chi connectivity index (χ4n) is 4.23. The summed E-state index contributed by atoms with van der Waals surface area (Å²) in [6.07, 6.45) is 5.32. The molecular formula is C20H27ClN4. The summed E-state index contributed by atoms with van der Waals surface area (Å²) in [5.74, 6) is 0. The molecule has 4 rings (SSSR count). The summed E-state index contributed by atoms with van der Waals surface area (Å²) in [5, 5.41) is 5.46. The van der Waals surface area contributed by atoms with Gasteiger partial charge in [-0.25, -0.2) is 4.68 Å². The fraction of sp³-hybridized carbons (Fsp3) is 0.550. The Kier molecular flexibility index (Phi) is 5.11. The van der Waals surface area contributed by atoms with E-state index in [0.717, 1.165) is 23.1 Å². The van der Waals surface area contributed by atoms with Gasteiger partial charge in [0.25, 0.3) is 0 Å². The third-order valence-electron chi connectivity index (χ3n) is 5.65. The van der Waals surface area contributed by atoms with Gasteiger partial charge >= 0.3 is 0 Å². The monoisotopic (exact) mass is 358 g/mol. The molecule has 0 bridgehead atoms. The van der Waals surface area contributed by atoms with Crippen LogP contribution < -0.4 is 0 Å². The van der Waals surface area contributed by atoms with Crippen LogP contribution in [0.1, 0.15) is 36.9 Å². The highest BCUT2D eigenvalue weighted by Crippen LogP contribution is 2.28. The minimum Gasteiger partial charge on any atom is -0.302 e. The summed E-state index contributed by atoms with van der Waals surface area (Å²) in [6, 6.07) is 10.8. The molecule has 2 aliphatic rings. The second kappa shape index (κ2) is 7.48. The van der Waals surface area contributed by atoms with E-state index in [9.17, 15) is 0 Å². The molecule has 2 fully saturated rings. The molecule has 0 amide bonds. The normalized spacial score (nSPS) is 22.1. The maximum Gasteiger partial charge on any atom is 0.137 e. The number of rotatable bonds is 5. The van der Waals surface area contributed by atoms with E-state index in [2.05, 4.69) is 16.7 Å². The second-order valence-corrected chi connectivity index (χ2v) is 7.73. The molecule has 0 saturated carbocycles. The lowest BCUT2D eigenvalue weighted by Crippen LogP contribution is -2.39. The zero-order valence-corrected chi connectivity index (χ0v) is 15.8. The molecule has 3 heterocycles. The van der Waals surface area contributed by atoms with Crippen LogP contribution >= 0.6 is 11.6 Å². The number of hydrogen-bond donors (Lipinski definition) is 0. The van der Waals surface area contributed by atoms with Gasteiger partial charge in [-0.3, -0.25) is 4.90 Å². The van der Waals surface area contributed by atoms with Crippen molar-refractivity contribution in [2.45, 2.75) is 45.2 Å². The molecule has 134 valence electrons. The molecule has 1 atom stereocenters. The molecule has 5 heteroatoms. The zero-order valence-electron chi connectivity index (χ0n) is 15.0. The van der Waals surface area contributed by atoms with E-state index in [1.165, 1.54) is 57.4 Å². The van der Waals surface area contributed by atoms with Crippen LogP contribution in [0.3, 0.4) is 0 Å². The van der Waals surface area contributed by atoms with E-state index in [4.69, 9.17) is 16.7 Å². The predicted octanol–water partition coefficient (Wildman–Crippen LogP) is 3.89. The molecule has 1 aromatic carbocycles. The molecule has 0 aliphatic carbocycles. The van der Waals surface area contributed by atoms with Gasteiger partial charge in [0.2, 0.25) is 0 Å². The van der Waals surface area contributed by atoms with Crippen molar-refractivity contribution in [1.29, 1.82) is 0 Å². The van der Waals surface area contributed by atoms with Gasteiger partial charge in [0.15, 0.2) is 0 Å². The first kappa shape index (κ1) is 17.1. The van der Waals surface area contributed by atoms with Gasteiger partial charge in [-0.05, 0) is 64.4 Å². The highest BCUT2D eigenvalue weighted by atomic mass is 35.5. The van der Waals surface area contributed by atoms with Crippen molar-refractivity contribution in [2.24, 2.45) is 0 Å². The third kappa shape index (κ3) is 3.62. The Morgan fingerprint density at radius 3 is 2.60 bits per heavy atom. The van der Waals surface area contributed by atoms with E-state index in [1.54, 1.807) is 0 Å². The smallest absolute Gasteiger partial charge is 0.137 e. The number of benzene rings is 1. The van der Waals surface area contributed by atoms with Crippen molar-refractivity contribution < 1.29 is 0 Å². The molecular weight excluding hydrogens is 332 g/mol. The van der Waals surface area contributed by atoms with Crippen LogP contribution in [-0.4, -0.2) is 51.8 Å². The molecule has 0 spiro atoms. The largest absolute Gasteiger partial charge is 0.302 e. The fourth-order valence-corrected chi connectivity index (χ4v) is 4.56. The van der Waals surface area contributed by atoms with Gasteiger partial charge in [-0.2, -0.15) is 5.10 Å². The van der Waals surface area contributed by atoms with Crippen molar-refractivity contribution in [3.8, 4) is 5.69 Å². The lowest BCUT2D eigenvalue weighted by molar-refractivity contribution is 0.185. The molecule has 2 aliphatic heterocycles. The lowest BCUT2D eigenvalue weighted by atomic mass is 10.2. The number of halogens is 1. The minimum atomic E-state index is 0.661. The first-order valence-electron chi connectivity index (χ1n) is 9.48. The summed E-state index contributed by atoms with van der Waals surface area (Å²) in [6.45, 7) is 7.92. The summed E-state index contributed by atoms with van der Waals surface area (Å²) >= 11 is 6.72. The number of likely N-dealkylation sites (tertiary alicyclic amines) is 2. The minimum absolute atomic E-state index is 0.661. The Balaban J connectivity index is 1.51. The first-order chi connectivity index (χ1) is 12.2. The number of aromatic nitrogens is 2. The van der Waals surface area contributed by atoms with Crippen LogP contribution in [0.4, 0.5) is 0 Å². The number of aryl methyl sites for hydroxylation is 1. The Labute approximate surface area is 155 Å². The molecule has 0 radical (unpaired) electrons. The van der Waals surface area contributed by atoms with Gasteiger partial charge in [0.05, 0.1) is 11.4 Å². The average molecular weight is 359 g/mol. The summed E-state index contributed by atoms with van der Waals surface area (Å²) in [7, 11) is 0. The Bertz CT molecular complexity index is 706. The van der Waals surface area contributed by atoms with Gasteiger partial charge in [0, 0.05) is 24.7 Å². The zero-order chi connectivity index (χ0) is 17.2. The van der Waals surface area contributed by atoms with Crippen LogP contribution in [0.15, 0.2) is 30.3 Å². The second-order valence-electron chi connectivity index (χ2n) is 7.38. The van der Waals surface area contributed by atoms with Crippen molar-refractivity contribution in [1.82, 2.24) is 19.6 Å². The quantitative estimate of drug-likeness (QED) is 0.810. The first-order valence-corrected chi connectivity index (χ1v) is 9.86. The van der Waals surface area contributed by atoms with E-state index in [0.29, 0.717) is 6.04 Å². The summed E-state index contributed by atoms with van der Waals surface area (Å²) in [5.41, 5.74) is 3.25. The van der Waals surface area contributed by atoms with Crippen molar-refractivity contribution in [2.75, 3.05) is 26.2 Å². The van der Waals surface area contributed by atoms with Gasteiger partial charge in [-0.15, -0.1) is 0 Å². The maximum atomic E-state index is 6.72. The van der Waals surface area contributed by atoms with Crippen molar-refractivity contribution in [3.63, 3.8) is 0 Å². The SMILES string of the molecule is Cc1nn(-c2ccccc2)c(Cl)c1CN1CCCC1CN1CCCC1. The number of hydrogen-bond acceptors (Lipinski definition) is 3.